The Bertz CT molecular complexity index is 582. The van der Waals surface area contributed by atoms with Gasteiger partial charge in [-0.3, -0.25) is 4.98 Å². The van der Waals surface area contributed by atoms with Gasteiger partial charge in [0.1, 0.15) is 5.60 Å². The largest absolute Gasteiger partial charge is 0.444 e. The Balaban J connectivity index is 1.92. The molecule has 0 aliphatic rings. The molecule has 1 aromatic heterocycles. The quantitative estimate of drug-likeness (QED) is 0.794. The number of rotatable bonds is 6. The highest BCUT2D eigenvalue weighted by Gasteiger charge is 2.16. The Morgan fingerprint density at radius 3 is 2.33 bits per heavy atom. The summed E-state index contributed by atoms with van der Waals surface area (Å²) in [4.78, 5) is 15.8. The van der Waals surface area contributed by atoms with Crippen LogP contribution in [0.1, 0.15) is 50.7 Å². The van der Waals surface area contributed by atoms with E-state index in [4.69, 9.17) is 4.74 Å². The average molecular weight is 326 g/mol. The van der Waals surface area contributed by atoms with E-state index in [9.17, 15) is 4.79 Å². The van der Waals surface area contributed by atoms with E-state index < -0.39 is 5.60 Å². The Kier molecular flexibility index (Phi) is 6.36. The summed E-state index contributed by atoms with van der Waals surface area (Å²) in [5.74, 6) is 0.301. The molecule has 1 atom stereocenters. The molecule has 4 nitrogen and oxygen atoms in total. The second-order valence-electron chi connectivity index (χ2n) is 6.81. The van der Waals surface area contributed by atoms with Gasteiger partial charge >= 0.3 is 6.09 Å². The summed E-state index contributed by atoms with van der Waals surface area (Å²) in [6, 6.07) is 14.5. The van der Waals surface area contributed by atoms with Crippen LogP contribution < -0.4 is 5.32 Å². The number of alkyl carbamates (subject to hydrolysis) is 1. The maximum atomic E-state index is 11.7. The minimum absolute atomic E-state index is 0.301. The third kappa shape index (κ3) is 6.03. The molecular weight excluding hydrogens is 300 g/mol. The topological polar surface area (TPSA) is 51.2 Å². The first-order valence-electron chi connectivity index (χ1n) is 8.37. The molecule has 1 unspecified atom stereocenters. The smallest absolute Gasteiger partial charge is 0.407 e. The minimum atomic E-state index is -0.465. The SMILES string of the molecule is CC(C)(C)OC(=O)NCCCC(c1ccccc1)c1ccncc1. The van der Waals surface area contributed by atoms with Crippen LogP contribution in [0.25, 0.3) is 0 Å². The van der Waals surface area contributed by atoms with Crippen molar-refractivity contribution in [1.29, 1.82) is 0 Å². The molecule has 1 heterocycles. The lowest BCUT2D eigenvalue weighted by Crippen LogP contribution is -2.33. The van der Waals surface area contributed by atoms with E-state index in [0.717, 1.165) is 12.8 Å². The van der Waals surface area contributed by atoms with Gasteiger partial charge in [-0.25, -0.2) is 4.79 Å². The van der Waals surface area contributed by atoms with Gasteiger partial charge in [-0.05, 0) is 56.9 Å². The van der Waals surface area contributed by atoms with E-state index in [0.29, 0.717) is 12.5 Å². The molecule has 1 N–H and O–H groups in total. The first-order valence-corrected chi connectivity index (χ1v) is 8.37. The van der Waals surface area contributed by atoms with Gasteiger partial charge in [0.2, 0.25) is 0 Å². The molecule has 1 aromatic carbocycles. The van der Waals surface area contributed by atoms with Crippen molar-refractivity contribution in [3.63, 3.8) is 0 Å². The summed E-state index contributed by atoms with van der Waals surface area (Å²) >= 11 is 0. The van der Waals surface area contributed by atoms with Crippen LogP contribution in [0.5, 0.6) is 0 Å². The molecule has 24 heavy (non-hydrogen) atoms. The van der Waals surface area contributed by atoms with Crippen LogP contribution in [0.4, 0.5) is 4.79 Å². The maximum absolute atomic E-state index is 11.7. The molecule has 2 aromatic rings. The number of benzene rings is 1. The number of hydrogen-bond donors (Lipinski definition) is 1. The number of carbonyl (C=O) groups excluding carboxylic acids is 1. The predicted octanol–water partition coefficient (Wildman–Crippen LogP) is 4.52. The van der Waals surface area contributed by atoms with Crippen molar-refractivity contribution < 1.29 is 9.53 Å². The van der Waals surface area contributed by atoms with Crippen LogP contribution in [0, 0.1) is 0 Å². The first kappa shape index (κ1) is 18.0. The highest BCUT2D eigenvalue weighted by atomic mass is 16.6. The summed E-state index contributed by atoms with van der Waals surface area (Å²) in [7, 11) is 0. The zero-order chi connectivity index (χ0) is 17.4. The van der Waals surface area contributed by atoms with Crippen molar-refractivity contribution in [2.75, 3.05) is 6.54 Å². The third-order valence-electron chi connectivity index (χ3n) is 3.65. The van der Waals surface area contributed by atoms with Crippen molar-refractivity contribution in [2.24, 2.45) is 0 Å². The molecule has 0 fully saturated rings. The Labute approximate surface area is 144 Å². The summed E-state index contributed by atoms with van der Waals surface area (Å²) in [5.41, 5.74) is 2.06. The Morgan fingerprint density at radius 2 is 1.71 bits per heavy atom. The third-order valence-corrected chi connectivity index (χ3v) is 3.65. The van der Waals surface area contributed by atoms with Gasteiger partial charge < -0.3 is 10.1 Å². The molecule has 0 bridgehead atoms. The number of nitrogens with zero attached hydrogens (tertiary/aromatic N) is 1. The molecule has 128 valence electrons. The summed E-state index contributed by atoms with van der Waals surface area (Å²) in [5, 5.41) is 2.82. The van der Waals surface area contributed by atoms with Gasteiger partial charge in [0, 0.05) is 24.9 Å². The number of pyridine rings is 1. The lowest BCUT2D eigenvalue weighted by Gasteiger charge is -2.20. The second kappa shape index (κ2) is 8.48. The summed E-state index contributed by atoms with van der Waals surface area (Å²) in [6.07, 6.45) is 5.11. The fourth-order valence-electron chi connectivity index (χ4n) is 2.62. The van der Waals surface area contributed by atoms with Crippen molar-refractivity contribution in [3.8, 4) is 0 Å². The van der Waals surface area contributed by atoms with Crippen molar-refractivity contribution in [3.05, 3.63) is 66.0 Å². The zero-order valence-electron chi connectivity index (χ0n) is 14.7. The van der Waals surface area contributed by atoms with Crippen LogP contribution in [0.15, 0.2) is 54.9 Å². The second-order valence-corrected chi connectivity index (χ2v) is 6.81. The average Bonchev–Trinajstić information content (AvgIpc) is 2.55. The normalized spacial score (nSPS) is 12.5. The zero-order valence-corrected chi connectivity index (χ0v) is 14.7. The van der Waals surface area contributed by atoms with E-state index >= 15 is 0 Å². The first-order chi connectivity index (χ1) is 11.5. The highest BCUT2D eigenvalue weighted by Crippen LogP contribution is 2.28. The van der Waals surface area contributed by atoms with Gasteiger partial charge in [-0.2, -0.15) is 0 Å². The van der Waals surface area contributed by atoms with Crippen molar-refractivity contribution in [2.45, 2.75) is 45.1 Å². The Hall–Kier alpha value is -2.36. The van der Waals surface area contributed by atoms with Crippen molar-refractivity contribution in [1.82, 2.24) is 10.3 Å². The molecule has 0 aliphatic heterocycles. The molecule has 1 amide bonds. The van der Waals surface area contributed by atoms with Crippen LogP contribution in [0.3, 0.4) is 0 Å². The molecule has 0 spiro atoms. The van der Waals surface area contributed by atoms with E-state index in [1.807, 2.05) is 39.2 Å². The van der Waals surface area contributed by atoms with E-state index in [1.165, 1.54) is 11.1 Å². The molecular formula is C20H26N2O2. The highest BCUT2D eigenvalue weighted by molar-refractivity contribution is 5.67. The van der Waals surface area contributed by atoms with Gasteiger partial charge in [0.25, 0.3) is 0 Å². The predicted molar refractivity (Wildman–Crippen MR) is 96.0 cm³/mol. The molecule has 0 saturated carbocycles. The van der Waals surface area contributed by atoms with E-state index in [1.54, 1.807) is 0 Å². The van der Waals surface area contributed by atoms with Gasteiger partial charge in [-0.1, -0.05) is 30.3 Å². The number of ether oxygens (including phenoxy) is 1. The van der Waals surface area contributed by atoms with Gasteiger partial charge in [0.15, 0.2) is 0 Å². The fraction of sp³-hybridized carbons (Fsp3) is 0.400. The number of aromatic nitrogens is 1. The maximum Gasteiger partial charge on any atom is 0.407 e. The van der Waals surface area contributed by atoms with Gasteiger partial charge in [-0.15, -0.1) is 0 Å². The molecule has 0 aliphatic carbocycles. The van der Waals surface area contributed by atoms with Crippen LogP contribution in [-0.4, -0.2) is 23.2 Å². The molecule has 0 saturated heterocycles. The molecule has 2 rings (SSSR count). The van der Waals surface area contributed by atoms with Crippen LogP contribution in [-0.2, 0) is 4.74 Å². The lowest BCUT2D eigenvalue weighted by atomic mass is 9.88. The molecule has 4 heteroatoms. The number of amides is 1. The fourth-order valence-corrected chi connectivity index (χ4v) is 2.62. The molecule has 0 radical (unpaired) electrons. The monoisotopic (exact) mass is 326 g/mol. The number of nitrogens with one attached hydrogen (secondary N) is 1. The van der Waals surface area contributed by atoms with Gasteiger partial charge in [0.05, 0.1) is 0 Å². The van der Waals surface area contributed by atoms with E-state index in [2.05, 4.69) is 46.7 Å². The lowest BCUT2D eigenvalue weighted by molar-refractivity contribution is 0.0527. The Morgan fingerprint density at radius 1 is 1.08 bits per heavy atom. The number of carbonyl (C=O) groups is 1. The van der Waals surface area contributed by atoms with Crippen LogP contribution in [0.2, 0.25) is 0 Å². The van der Waals surface area contributed by atoms with Crippen molar-refractivity contribution >= 4 is 6.09 Å². The van der Waals surface area contributed by atoms with E-state index in [-0.39, 0.29) is 6.09 Å². The summed E-state index contributed by atoms with van der Waals surface area (Å²) < 4.78 is 5.26. The number of hydrogen-bond acceptors (Lipinski definition) is 3. The van der Waals surface area contributed by atoms with Crippen LogP contribution >= 0.6 is 0 Å². The minimum Gasteiger partial charge on any atom is -0.444 e. The standard InChI is InChI=1S/C20H26N2O2/c1-20(2,3)24-19(23)22-13-7-10-18(16-8-5-4-6-9-16)17-11-14-21-15-12-17/h4-6,8-9,11-12,14-15,18H,7,10,13H2,1-3H3,(H,22,23). The summed E-state index contributed by atoms with van der Waals surface area (Å²) in [6.45, 7) is 6.19.